The zero-order chi connectivity index (χ0) is 26.7. The quantitative estimate of drug-likeness (QED) is 0.240. The van der Waals surface area contributed by atoms with Crippen LogP contribution in [-0.4, -0.2) is 51.5 Å². The average Bonchev–Trinajstić information content (AvgIpc) is 3.15. The van der Waals surface area contributed by atoms with Crippen molar-refractivity contribution < 1.29 is 33.8 Å². The first-order valence-electron chi connectivity index (χ1n) is 10.6. The standard InChI is InChI=1S/C25H16Cl2N2O7S/c26-14-5-8-16(18(27)10-14)19(30)12-36-25(35)13-3-6-15(7-4-13)29-21(31)11-20(23(29)32)37-22-17(24(33)34)2-1-9-28-22/h1-10,20H,11-12H2,(H,33,34). The van der Waals surface area contributed by atoms with Crippen molar-refractivity contribution >= 4 is 70.2 Å². The van der Waals surface area contributed by atoms with E-state index in [2.05, 4.69) is 4.98 Å². The maximum atomic E-state index is 12.9. The second-order valence-corrected chi connectivity index (χ2v) is 9.74. The van der Waals surface area contributed by atoms with Crippen LogP contribution in [-0.2, 0) is 14.3 Å². The summed E-state index contributed by atoms with van der Waals surface area (Å²) >= 11 is 12.7. The van der Waals surface area contributed by atoms with Gasteiger partial charge in [-0.3, -0.25) is 14.4 Å². The van der Waals surface area contributed by atoms with Crippen LogP contribution in [0.1, 0.15) is 37.5 Å². The molecular formula is C25H16Cl2N2O7S. The number of imide groups is 1. The van der Waals surface area contributed by atoms with Gasteiger partial charge in [0.05, 0.1) is 27.1 Å². The highest BCUT2D eigenvalue weighted by atomic mass is 35.5. The van der Waals surface area contributed by atoms with Crippen molar-refractivity contribution in [3.8, 4) is 0 Å². The number of hydrogen-bond donors (Lipinski definition) is 1. The van der Waals surface area contributed by atoms with Crippen LogP contribution in [0.4, 0.5) is 5.69 Å². The Morgan fingerprint density at radius 1 is 1.05 bits per heavy atom. The first kappa shape index (κ1) is 26.3. The van der Waals surface area contributed by atoms with Crippen molar-refractivity contribution in [2.75, 3.05) is 11.5 Å². The number of aromatic carboxylic acids is 1. The predicted octanol–water partition coefficient (Wildman–Crippen LogP) is 4.55. The van der Waals surface area contributed by atoms with Crippen LogP contribution in [0, 0.1) is 0 Å². The monoisotopic (exact) mass is 558 g/mol. The Labute approximate surface area is 224 Å². The highest BCUT2D eigenvalue weighted by Crippen LogP contribution is 2.34. The normalized spacial score (nSPS) is 15.1. The van der Waals surface area contributed by atoms with Gasteiger partial charge in [-0.15, -0.1) is 0 Å². The Bertz CT molecular complexity index is 1430. The molecule has 0 bridgehead atoms. The first-order chi connectivity index (χ1) is 17.7. The number of carboxylic acid groups (broad SMARTS) is 1. The maximum Gasteiger partial charge on any atom is 0.338 e. The second-order valence-electron chi connectivity index (χ2n) is 7.71. The van der Waals surface area contributed by atoms with Crippen molar-refractivity contribution in [3.63, 3.8) is 0 Å². The molecule has 0 saturated carbocycles. The van der Waals surface area contributed by atoms with Gasteiger partial charge in [-0.25, -0.2) is 19.5 Å². The van der Waals surface area contributed by atoms with Gasteiger partial charge in [-0.2, -0.15) is 0 Å². The molecule has 2 aromatic carbocycles. The minimum absolute atomic E-state index is 0.0640. The molecule has 9 nitrogen and oxygen atoms in total. The zero-order valence-corrected chi connectivity index (χ0v) is 21.0. The van der Waals surface area contributed by atoms with Gasteiger partial charge >= 0.3 is 11.9 Å². The minimum atomic E-state index is -1.19. The fraction of sp³-hybridized carbons (Fsp3) is 0.120. The number of amides is 2. The van der Waals surface area contributed by atoms with E-state index in [9.17, 15) is 29.1 Å². The van der Waals surface area contributed by atoms with Crippen LogP contribution in [0.25, 0.3) is 0 Å². The number of rotatable bonds is 8. The van der Waals surface area contributed by atoms with Crippen LogP contribution in [0.15, 0.2) is 65.8 Å². The summed E-state index contributed by atoms with van der Waals surface area (Å²) < 4.78 is 5.07. The smallest absolute Gasteiger partial charge is 0.338 e. The lowest BCUT2D eigenvalue weighted by Gasteiger charge is -2.15. The molecule has 0 aliphatic carbocycles. The lowest BCUT2D eigenvalue weighted by Crippen LogP contribution is -2.31. The number of pyridine rings is 1. The molecule has 1 aromatic heterocycles. The van der Waals surface area contributed by atoms with Gasteiger partial charge < -0.3 is 9.84 Å². The number of thioether (sulfide) groups is 1. The van der Waals surface area contributed by atoms with E-state index in [-0.39, 0.29) is 38.8 Å². The lowest BCUT2D eigenvalue weighted by atomic mass is 10.1. The number of benzene rings is 2. The molecule has 12 heteroatoms. The number of aromatic nitrogens is 1. The maximum absolute atomic E-state index is 12.9. The first-order valence-corrected chi connectivity index (χ1v) is 12.3. The van der Waals surface area contributed by atoms with Gasteiger partial charge in [0.15, 0.2) is 6.61 Å². The van der Waals surface area contributed by atoms with Crippen LogP contribution in [0.2, 0.25) is 10.0 Å². The number of carboxylic acids is 1. The lowest BCUT2D eigenvalue weighted by molar-refractivity contribution is -0.121. The highest BCUT2D eigenvalue weighted by molar-refractivity contribution is 8.00. The summed E-state index contributed by atoms with van der Waals surface area (Å²) in [5, 5.41) is 9.10. The van der Waals surface area contributed by atoms with Crippen molar-refractivity contribution in [2.24, 2.45) is 0 Å². The number of anilines is 1. The number of hydrogen-bond acceptors (Lipinski definition) is 8. The molecule has 1 N–H and O–H groups in total. The summed E-state index contributed by atoms with van der Waals surface area (Å²) in [7, 11) is 0. The average molecular weight is 559 g/mol. The van der Waals surface area contributed by atoms with Gasteiger partial charge in [0.25, 0.3) is 0 Å². The van der Waals surface area contributed by atoms with Crippen molar-refractivity contribution in [2.45, 2.75) is 16.7 Å². The van der Waals surface area contributed by atoms with E-state index in [1.165, 1.54) is 60.8 Å². The number of halogens is 2. The van der Waals surface area contributed by atoms with E-state index in [4.69, 9.17) is 27.9 Å². The Balaban J connectivity index is 1.41. The van der Waals surface area contributed by atoms with Gasteiger partial charge in [-0.05, 0) is 54.6 Å². The van der Waals surface area contributed by atoms with Gasteiger partial charge in [0.1, 0.15) is 5.03 Å². The van der Waals surface area contributed by atoms with E-state index >= 15 is 0 Å². The second kappa shape index (κ2) is 11.1. The molecule has 4 rings (SSSR count). The van der Waals surface area contributed by atoms with E-state index < -0.39 is 41.4 Å². The van der Waals surface area contributed by atoms with Crippen molar-refractivity contribution in [3.05, 3.63) is 87.5 Å². The summed E-state index contributed by atoms with van der Waals surface area (Å²) in [6.07, 6.45) is 1.27. The van der Waals surface area contributed by atoms with Crippen LogP contribution in [0.3, 0.4) is 0 Å². The summed E-state index contributed by atoms with van der Waals surface area (Å²) in [4.78, 5) is 66.6. The molecule has 188 valence electrons. The summed E-state index contributed by atoms with van der Waals surface area (Å²) in [6.45, 7) is -0.546. The number of ether oxygens (including phenoxy) is 1. The topological polar surface area (TPSA) is 131 Å². The van der Waals surface area contributed by atoms with E-state index in [1.807, 2.05) is 0 Å². The molecule has 1 saturated heterocycles. The largest absolute Gasteiger partial charge is 0.478 e. The number of esters is 1. The summed E-state index contributed by atoms with van der Waals surface area (Å²) in [6, 6.07) is 12.7. The molecule has 1 unspecified atom stereocenters. The van der Waals surface area contributed by atoms with Crippen LogP contribution < -0.4 is 4.90 Å². The number of ketones is 1. The number of Topliss-reactive ketones (excluding diaryl/α,β-unsaturated/α-hetero) is 1. The third-order valence-corrected chi connectivity index (χ3v) is 7.04. The highest BCUT2D eigenvalue weighted by Gasteiger charge is 2.41. The van der Waals surface area contributed by atoms with Crippen LogP contribution >= 0.6 is 35.0 Å². The van der Waals surface area contributed by atoms with Gasteiger partial charge in [-0.1, -0.05) is 35.0 Å². The van der Waals surface area contributed by atoms with E-state index in [0.29, 0.717) is 5.02 Å². The number of carbonyl (C=O) groups is 5. The van der Waals surface area contributed by atoms with Crippen LogP contribution in [0.5, 0.6) is 0 Å². The number of carbonyl (C=O) groups excluding carboxylic acids is 4. The number of nitrogens with zero attached hydrogens (tertiary/aromatic N) is 2. The fourth-order valence-electron chi connectivity index (χ4n) is 3.50. The molecule has 1 atom stereocenters. The molecule has 1 aliphatic heterocycles. The van der Waals surface area contributed by atoms with E-state index in [1.54, 1.807) is 0 Å². The molecule has 1 aliphatic rings. The third kappa shape index (κ3) is 5.82. The summed E-state index contributed by atoms with van der Waals surface area (Å²) in [5.41, 5.74) is 0.432. The van der Waals surface area contributed by atoms with Crippen molar-refractivity contribution in [1.29, 1.82) is 0 Å². The van der Waals surface area contributed by atoms with Gasteiger partial charge in [0.2, 0.25) is 17.6 Å². The Morgan fingerprint density at radius 3 is 2.46 bits per heavy atom. The SMILES string of the molecule is O=C(OCC(=O)c1ccc(Cl)cc1Cl)c1ccc(N2C(=O)CC(Sc3ncccc3C(=O)O)C2=O)cc1. The third-order valence-electron chi connectivity index (χ3n) is 5.29. The molecule has 2 heterocycles. The summed E-state index contributed by atoms with van der Waals surface area (Å²) in [5.74, 6) is -3.49. The minimum Gasteiger partial charge on any atom is -0.478 e. The van der Waals surface area contributed by atoms with Crippen molar-refractivity contribution in [1.82, 2.24) is 4.98 Å². The Kier molecular flexibility index (Phi) is 7.91. The fourth-order valence-corrected chi connectivity index (χ4v) is 5.12. The molecule has 3 aromatic rings. The molecular weight excluding hydrogens is 543 g/mol. The molecule has 0 spiro atoms. The molecule has 1 fully saturated rings. The Hall–Kier alpha value is -3.73. The zero-order valence-electron chi connectivity index (χ0n) is 18.7. The molecule has 2 amide bonds. The Morgan fingerprint density at radius 2 is 1.78 bits per heavy atom. The molecule has 37 heavy (non-hydrogen) atoms. The van der Waals surface area contributed by atoms with E-state index in [0.717, 1.165) is 16.7 Å². The van der Waals surface area contributed by atoms with Gasteiger partial charge in [0, 0.05) is 23.2 Å². The molecule has 0 radical (unpaired) electrons. The predicted molar refractivity (Wildman–Crippen MR) is 135 cm³/mol.